The van der Waals surface area contributed by atoms with Gasteiger partial charge in [0.1, 0.15) is 17.7 Å². The number of ether oxygens (including phenoxy) is 1. The van der Waals surface area contributed by atoms with Crippen LogP contribution >= 0.6 is 0 Å². The first-order valence-electron chi connectivity index (χ1n) is 7.31. The zero-order valence-corrected chi connectivity index (χ0v) is 11.7. The van der Waals surface area contributed by atoms with Gasteiger partial charge in [0.2, 0.25) is 0 Å². The molecule has 1 aliphatic heterocycles. The molecule has 1 aromatic carbocycles. The molecule has 0 saturated heterocycles. The molecular weight excluding hydrogens is 241 g/mol. The van der Waals surface area contributed by atoms with Gasteiger partial charge in [0.15, 0.2) is 0 Å². The molecule has 0 bridgehead atoms. The minimum Gasteiger partial charge on any atom is -0.490 e. The highest BCUT2D eigenvalue weighted by Gasteiger charge is 2.49. The highest BCUT2D eigenvalue weighted by atomic mass is 19.1. The third kappa shape index (κ3) is 2.48. The van der Waals surface area contributed by atoms with Gasteiger partial charge in [-0.1, -0.05) is 6.92 Å². The van der Waals surface area contributed by atoms with Gasteiger partial charge in [0, 0.05) is 18.0 Å². The third-order valence-electron chi connectivity index (χ3n) is 4.72. The third-order valence-corrected chi connectivity index (χ3v) is 4.72. The molecule has 1 aromatic rings. The average molecular weight is 263 g/mol. The highest BCUT2D eigenvalue weighted by molar-refractivity contribution is 5.38. The molecule has 1 saturated carbocycles. The van der Waals surface area contributed by atoms with Gasteiger partial charge < -0.3 is 10.1 Å². The predicted molar refractivity (Wildman–Crippen MR) is 73.9 cm³/mol. The van der Waals surface area contributed by atoms with E-state index < -0.39 is 0 Å². The van der Waals surface area contributed by atoms with Crippen LogP contribution in [0, 0.1) is 11.2 Å². The zero-order valence-electron chi connectivity index (χ0n) is 11.7. The van der Waals surface area contributed by atoms with Gasteiger partial charge in [-0.05, 0) is 56.3 Å². The summed E-state index contributed by atoms with van der Waals surface area (Å²) in [7, 11) is 0. The van der Waals surface area contributed by atoms with Crippen LogP contribution in [0.15, 0.2) is 18.2 Å². The van der Waals surface area contributed by atoms with E-state index >= 15 is 0 Å². The van der Waals surface area contributed by atoms with E-state index in [9.17, 15) is 4.39 Å². The molecule has 1 aliphatic carbocycles. The molecule has 19 heavy (non-hydrogen) atoms. The summed E-state index contributed by atoms with van der Waals surface area (Å²) in [5.41, 5.74) is 1.43. The molecule has 0 radical (unpaired) electrons. The minimum atomic E-state index is -0.162. The Morgan fingerprint density at radius 1 is 1.47 bits per heavy atom. The molecule has 0 amide bonds. The lowest BCUT2D eigenvalue weighted by Gasteiger charge is -2.26. The lowest BCUT2D eigenvalue weighted by atomic mass is 9.89. The fourth-order valence-corrected chi connectivity index (χ4v) is 3.35. The molecule has 104 valence electrons. The molecule has 0 spiro atoms. The summed E-state index contributed by atoms with van der Waals surface area (Å²) in [5, 5.41) is 3.54. The van der Waals surface area contributed by atoms with Crippen LogP contribution in [-0.4, -0.2) is 18.7 Å². The number of nitrogens with one attached hydrogen (secondary N) is 1. The molecule has 1 N–H and O–H groups in total. The van der Waals surface area contributed by atoms with Crippen LogP contribution in [0.5, 0.6) is 5.75 Å². The van der Waals surface area contributed by atoms with Crippen molar-refractivity contribution in [2.75, 3.05) is 6.54 Å². The van der Waals surface area contributed by atoms with Gasteiger partial charge in [-0.15, -0.1) is 0 Å². The Hall–Kier alpha value is -1.09. The summed E-state index contributed by atoms with van der Waals surface area (Å²) in [6.07, 6.45) is 4.73. The van der Waals surface area contributed by atoms with E-state index in [0.717, 1.165) is 30.7 Å². The number of hydrogen-bond acceptors (Lipinski definition) is 2. The smallest absolute Gasteiger partial charge is 0.123 e. The van der Waals surface area contributed by atoms with Crippen molar-refractivity contribution in [3.05, 3.63) is 29.6 Å². The highest BCUT2D eigenvalue weighted by Crippen LogP contribution is 2.53. The molecule has 2 nitrogen and oxygen atoms in total. The summed E-state index contributed by atoms with van der Waals surface area (Å²) < 4.78 is 19.2. The molecule has 1 heterocycles. The Morgan fingerprint density at radius 3 is 2.95 bits per heavy atom. The minimum absolute atomic E-state index is 0.162. The monoisotopic (exact) mass is 263 g/mol. The van der Waals surface area contributed by atoms with Crippen LogP contribution in [0.1, 0.15) is 38.7 Å². The lowest BCUT2D eigenvalue weighted by molar-refractivity contribution is 0.168. The topological polar surface area (TPSA) is 21.3 Å². The van der Waals surface area contributed by atoms with Crippen molar-refractivity contribution in [1.29, 1.82) is 0 Å². The number of rotatable bonds is 5. The first-order chi connectivity index (χ1) is 9.13. The lowest BCUT2D eigenvalue weighted by Crippen LogP contribution is -2.37. The van der Waals surface area contributed by atoms with E-state index in [1.165, 1.54) is 18.9 Å². The fraction of sp³-hybridized carbons (Fsp3) is 0.625. The first-order valence-corrected chi connectivity index (χ1v) is 7.31. The van der Waals surface area contributed by atoms with Crippen LogP contribution < -0.4 is 10.1 Å². The predicted octanol–water partition coefficient (Wildman–Crippen LogP) is 3.30. The normalized spacial score (nSPS) is 24.7. The van der Waals surface area contributed by atoms with Gasteiger partial charge in [-0.3, -0.25) is 0 Å². The Morgan fingerprint density at radius 2 is 2.26 bits per heavy atom. The van der Waals surface area contributed by atoms with E-state index in [1.54, 1.807) is 12.1 Å². The summed E-state index contributed by atoms with van der Waals surface area (Å²) in [6.45, 7) is 5.44. The zero-order chi connectivity index (χ0) is 13.5. The first kappa shape index (κ1) is 12.9. The standard InChI is InChI=1S/C16H22FNO/c1-3-18-11(2)16(6-7-16)10-14-9-12-8-13(17)4-5-15(12)19-14/h4-5,8,11,14,18H,3,6-7,9-10H2,1-2H3. The Balaban J connectivity index is 1.64. The second-order valence-corrected chi connectivity index (χ2v) is 6.04. The molecular formula is C16H22FNO. The second kappa shape index (κ2) is 4.78. The number of hydrogen-bond donors (Lipinski definition) is 1. The maximum atomic E-state index is 13.2. The van der Waals surface area contributed by atoms with Crippen molar-refractivity contribution >= 4 is 0 Å². The second-order valence-electron chi connectivity index (χ2n) is 6.04. The SMILES string of the molecule is CCNC(C)C1(CC2Cc3cc(F)ccc3O2)CC1. The average Bonchev–Trinajstić information content (AvgIpc) is 3.03. The summed E-state index contributed by atoms with van der Waals surface area (Å²) in [5.74, 6) is 0.712. The molecule has 3 heteroatoms. The summed E-state index contributed by atoms with van der Waals surface area (Å²) in [6, 6.07) is 5.40. The van der Waals surface area contributed by atoms with Crippen molar-refractivity contribution in [2.45, 2.75) is 51.7 Å². The van der Waals surface area contributed by atoms with Crippen molar-refractivity contribution < 1.29 is 9.13 Å². The van der Waals surface area contributed by atoms with Crippen LogP contribution in [-0.2, 0) is 6.42 Å². The Labute approximate surface area is 114 Å². The maximum absolute atomic E-state index is 13.2. The van der Waals surface area contributed by atoms with Gasteiger partial charge >= 0.3 is 0 Å². The van der Waals surface area contributed by atoms with E-state index in [1.807, 2.05) is 0 Å². The van der Waals surface area contributed by atoms with Crippen molar-refractivity contribution in [3.63, 3.8) is 0 Å². The molecule has 3 rings (SSSR count). The molecule has 2 atom stereocenters. The summed E-state index contributed by atoms with van der Waals surface area (Å²) >= 11 is 0. The Kier molecular flexibility index (Phi) is 3.25. The maximum Gasteiger partial charge on any atom is 0.123 e. The Bertz CT molecular complexity index is 470. The van der Waals surface area contributed by atoms with E-state index in [4.69, 9.17) is 4.74 Å². The van der Waals surface area contributed by atoms with E-state index in [2.05, 4.69) is 19.2 Å². The van der Waals surface area contributed by atoms with E-state index in [0.29, 0.717) is 11.5 Å². The molecule has 0 aromatic heterocycles. The number of benzene rings is 1. The van der Waals surface area contributed by atoms with Gasteiger partial charge in [-0.2, -0.15) is 0 Å². The number of halogens is 1. The largest absolute Gasteiger partial charge is 0.490 e. The van der Waals surface area contributed by atoms with Gasteiger partial charge in [-0.25, -0.2) is 4.39 Å². The van der Waals surface area contributed by atoms with Gasteiger partial charge in [0.25, 0.3) is 0 Å². The van der Waals surface area contributed by atoms with Crippen LogP contribution in [0.2, 0.25) is 0 Å². The fourth-order valence-electron chi connectivity index (χ4n) is 3.35. The van der Waals surface area contributed by atoms with Crippen LogP contribution in [0.25, 0.3) is 0 Å². The van der Waals surface area contributed by atoms with Gasteiger partial charge in [0.05, 0.1) is 0 Å². The molecule has 1 fully saturated rings. The quantitative estimate of drug-likeness (QED) is 0.880. The van der Waals surface area contributed by atoms with Crippen LogP contribution in [0.4, 0.5) is 4.39 Å². The van der Waals surface area contributed by atoms with E-state index in [-0.39, 0.29) is 11.9 Å². The van der Waals surface area contributed by atoms with Crippen molar-refractivity contribution in [3.8, 4) is 5.75 Å². The van der Waals surface area contributed by atoms with Crippen molar-refractivity contribution in [1.82, 2.24) is 5.32 Å². The summed E-state index contributed by atoms with van der Waals surface area (Å²) in [4.78, 5) is 0. The number of fused-ring (bicyclic) bond motifs is 1. The van der Waals surface area contributed by atoms with Crippen molar-refractivity contribution in [2.24, 2.45) is 5.41 Å². The van der Waals surface area contributed by atoms with Crippen LogP contribution in [0.3, 0.4) is 0 Å². The molecule has 2 unspecified atom stereocenters. The molecule has 2 aliphatic rings.